The van der Waals surface area contributed by atoms with Crippen LogP contribution in [0, 0.1) is 34.5 Å². The van der Waals surface area contributed by atoms with Gasteiger partial charge in [-0.05, 0) is 122 Å². The molecule has 0 saturated heterocycles. The second kappa shape index (κ2) is 11.1. The first kappa shape index (κ1) is 30.1. The van der Waals surface area contributed by atoms with Gasteiger partial charge in [0, 0.05) is 13.2 Å². The Kier molecular flexibility index (Phi) is 8.33. The Morgan fingerprint density at radius 2 is 1.82 bits per heavy atom. The molecule has 3 saturated carbocycles. The van der Waals surface area contributed by atoms with Crippen LogP contribution < -0.4 is 14.8 Å². The van der Waals surface area contributed by atoms with Crippen molar-refractivity contribution in [3.05, 3.63) is 35.9 Å². The van der Waals surface area contributed by atoms with E-state index in [1.807, 2.05) is 6.07 Å². The molecule has 1 aromatic rings. The van der Waals surface area contributed by atoms with Gasteiger partial charge in [-0.15, -0.1) is 0 Å². The lowest BCUT2D eigenvalue weighted by molar-refractivity contribution is -0.0918. The first-order chi connectivity index (χ1) is 18.7. The predicted octanol–water partition coefficient (Wildman–Crippen LogP) is 7.69. The third-order valence-electron chi connectivity index (χ3n) is 12.3. The Hall–Kier alpha value is -1.34. The molecule has 1 aliphatic heterocycles. The molecule has 1 aromatic carbocycles. The summed E-state index contributed by atoms with van der Waals surface area (Å²) in [5, 5.41) is 14.9. The first-order valence-electron chi connectivity index (χ1n) is 15.8. The summed E-state index contributed by atoms with van der Waals surface area (Å²) in [6.07, 6.45) is 7.57. The van der Waals surface area contributed by atoms with Crippen LogP contribution in [0.5, 0.6) is 11.5 Å². The van der Waals surface area contributed by atoms with E-state index in [0.717, 1.165) is 50.5 Å². The summed E-state index contributed by atoms with van der Waals surface area (Å²) in [6.45, 7) is 24.3. The van der Waals surface area contributed by atoms with E-state index in [9.17, 15) is 5.11 Å². The molecule has 2 N–H and O–H groups in total. The summed E-state index contributed by atoms with van der Waals surface area (Å²) in [6, 6.07) is 6.30. The number of hydrogen-bond donors (Lipinski definition) is 2. The Balaban J connectivity index is 1.37. The van der Waals surface area contributed by atoms with Gasteiger partial charge in [-0.1, -0.05) is 52.8 Å². The van der Waals surface area contributed by atoms with E-state index in [1.54, 1.807) is 0 Å². The van der Waals surface area contributed by atoms with Gasteiger partial charge in [0.25, 0.3) is 0 Å². The van der Waals surface area contributed by atoms with E-state index < -0.39 is 8.32 Å². The van der Waals surface area contributed by atoms with Crippen LogP contribution in [0.15, 0.2) is 30.4 Å². The first-order valence-corrected chi connectivity index (χ1v) is 18.7. The normalized spacial score (nSPS) is 36.1. The standard InChI is InChI=1S/C34H55NO4Si/c1-23-9-11-28-27(20-35-19-24-10-12-30-31(17-24)38-22-37-30)29(14-16-33(23,28)5)34(6)15-13-26(36)18-25(34)21-39-40(7,8)32(2,3)4/h10,12,17,25-29,35-36H,1,9,11,13-16,18-22H2,2-8H3/t25-,26+,27+,28+,29+,33-,34+/m1/s1. The maximum atomic E-state index is 10.8. The van der Waals surface area contributed by atoms with Gasteiger partial charge in [-0.25, -0.2) is 0 Å². The number of nitrogens with one attached hydrogen (secondary N) is 1. The van der Waals surface area contributed by atoms with Crippen LogP contribution in [-0.4, -0.2) is 39.5 Å². The average Bonchev–Trinajstić information content (AvgIpc) is 3.47. The molecule has 5 nitrogen and oxygen atoms in total. The molecule has 0 spiro atoms. The minimum Gasteiger partial charge on any atom is -0.454 e. The van der Waals surface area contributed by atoms with Crippen LogP contribution in [-0.2, 0) is 11.0 Å². The molecule has 1 heterocycles. The molecule has 4 aliphatic rings. The number of hydrogen-bond acceptors (Lipinski definition) is 5. The van der Waals surface area contributed by atoms with Crippen molar-refractivity contribution in [3.63, 3.8) is 0 Å². The smallest absolute Gasteiger partial charge is 0.231 e. The van der Waals surface area contributed by atoms with Gasteiger partial charge in [0.2, 0.25) is 6.79 Å². The molecular formula is C34H55NO4Si. The lowest BCUT2D eigenvalue weighted by Gasteiger charge is -2.57. The van der Waals surface area contributed by atoms with Crippen molar-refractivity contribution >= 4 is 8.32 Å². The van der Waals surface area contributed by atoms with Crippen molar-refractivity contribution in [3.8, 4) is 11.5 Å². The van der Waals surface area contributed by atoms with Crippen LogP contribution in [0.3, 0.4) is 0 Å². The highest BCUT2D eigenvalue weighted by atomic mass is 28.4. The Morgan fingerprint density at radius 3 is 2.58 bits per heavy atom. The number of rotatable bonds is 8. The van der Waals surface area contributed by atoms with E-state index in [0.29, 0.717) is 30.5 Å². The number of allylic oxidation sites excluding steroid dienone is 1. The minimum atomic E-state index is -1.87. The lowest BCUT2D eigenvalue weighted by Crippen LogP contribution is -2.54. The van der Waals surface area contributed by atoms with Gasteiger partial charge in [-0.2, -0.15) is 0 Å². The van der Waals surface area contributed by atoms with Crippen molar-refractivity contribution in [1.82, 2.24) is 5.32 Å². The lowest BCUT2D eigenvalue weighted by atomic mass is 9.49. The SMILES string of the molecule is C=C1CC[C@H]2[C@H](CNCc3ccc4c(c3)OCO4)[C@@H]([C@@]3(C)CC[C@H](O)C[C@@H]3CO[Si](C)(C)C(C)(C)C)CC[C@]12C. The molecule has 7 atom stereocenters. The largest absolute Gasteiger partial charge is 0.454 e. The quantitative estimate of drug-likeness (QED) is 0.248. The highest BCUT2D eigenvalue weighted by molar-refractivity contribution is 6.74. The number of ether oxygens (including phenoxy) is 2. The monoisotopic (exact) mass is 569 g/mol. The summed E-state index contributed by atoms with van der Waals surface area (Å²) in [7, 11) is -1.87. The molecule has 5 rings (SSSR count). The Bertz CT molecular complexity index is 1080. The molecule has 3 fully saturated rings. The molecule has 224 valence electrons. The Morgan fingerprint density at radius 1 is 1.07 bits per heavy atom. The van der Waals surface area contributed by atoms with E-state index >= 15 is 0 Å². The Labute approximate surface area is 244 Å². The van der Waals surface area contributed by atoms with Crippen LogP contribution >= 0.6 is 0 Å². The van der Waals surface area contributed by atoms with Crippen LogP contribution in [0.2, 0.25) is 18.1 Å². The predicted molar refractivity (Wildman–Crippen MR) is 165 cm³/mol. The van der Waals surface area contributed by atoms with E-state index in [4.69, 9.17) is 13.9 Å². The summed E-state index contributed by atoms with van der Waals surface area (Å²) in [5.74, 6) is 3.94. The summed E-state index contributed by atoms with van der Waals surface area (Å²) in [5.41, 5.74) is 3.12. The fourth-order valence-corrected chi connectivity index (χ4v) is 9.45. The van der Waals surface area contributed by atoms with Crippen LogP contribution in [0.1, 0.15) is 85.1 Å². The molecule has 0 aromatic heterocycles. The number of benzene rings is 1. The molecule has 6 heteroatoms. The highest BCUT2D eigenvalue weighted by Gasteiger charge is 2.57. The second-order valence-corrected chi connectivity index (χ2v) is 20.3. The molecule has 0 amide bonds. The van der Waals surface area contributed by atoms with Gasteiger partial charge >= 0.3 is 0 Å². The zero-order valence-corrected chi connectivity index (χ0v) is 27.3. The van der Waals surface area contributed by atoms with Gasteiger partial charge in [0.05, 0.1) is 6.10 Å². The number of fused-ring (bicyclic) bond motifs is 2. The maximum absolute atomic E-state index is 10.8. The third kappa shape index (κ3) is 5.55. The van der Waals surface area contributed by atoms with Crippen molar-refractivity contribution in [2.45, 2.75) is 110 Å². The highest BCUT2D eigenvalue weighted by Crippen LogP contribution is 2.63. The van der Waals surface area contributed by atoms with Gasteiger partial charge in [0.15, 0.2) is 19.8 Å². The summed E-state index contributed by atoms with van der Waals surface area (Å²) >= 11 is 0. The molecule has 0 bridgehead atoms. The van der Waals surface area contributed by atoms with Crippen LogP contribution in [0.4, 0.5) is 0 Å². The fourth-order valence-electron chi connectivity index (χ4n) is 8.40. The van der Waals surface area contributed by atoms with E-state index in [-0.39, 0.29) is 22.0 Å². The van der Waals surface area contributed by atoms with E-state index in [2.05, 4.69) is 71.7 Å². The van der Waals surface area contributed by atoms with Gasteiger partial charge in [0.1, 0.15) is 0 Å². The minimum absolute atomic E-state index is 0.165. The topological polar surface area (TPSA) is 60.0 Å². The third-order valence-corrected chi connectivity index (χ3v) is 16.8. The molecule has 0 unspecified atom stereocenters. The average molecular weight is 570 g/mol. The molecule has 40 heavy (non-hydrogen) atoms. The summed E-state index contributed by atoms with van der Waals surface area (Å²) in [4.78, 5) is 0. The molecular weight excluding hydrogens is 514 g/mol. The van der Waals surface area contributed by atoms with Gasteiger partial charge in [-0.3, -0.25) is 0 Å². The van der Waals surface area contributed by atoms with Gasteiger partial charge < -0.3 is 24.3 Å². The van der Waals surface area contributed by atoms with Crippen molar-refractivity contribution in [1.29, 1.82) is 0 Å². The fraction of sp³-hybridized carbons (Fsp3) is 0.765. The zero-order chi connectivity index (χ0) is 28.9. The maximum Gasteiger partial charge on any atom is 0.231 e. The summed E-state index contributed by atoms with van der Waals surface area (Å²) < 4.78 is 18.0. The second-order valence-electron chi connectivity index (χ2n) is 15.5. The van der Waals surface area contributed by atoms with Crippen molar-refractivity contribution in [2.75, 3.05) is 19.9 Å². The van der Waals surface area contributed by atoms with Crippen molar-refractivity contribution < 1.29 is 19.0 Å². The zero-order valence-electron chi connectivity index (χ0n) is 26.3. The molecule has 0 radical (unpaired) electrons. The van der Waals surface area contributed by atoms with Crippen molar-refractivity contribution in [2.24, 2.45) is 34.5 Å². The molecule has 3 aliphatic carbocycles. The van der Waals surface area contributed by atoms with Crippen LogP contribution in [0.25, 0.3) is 0 Å². The number of aliphatic hydroxyl groups is 1. The number of aliphatic hydroxyl groups excluding tert-OH is 1. The van der Waals surface area contributed by atoms with E-state index in [1.165, 1.54) is 36.8 Å².